The number of hydrogen-bond acceptors (Lipinski definition) is 3. The molecule has 0 saturated heterocycles. The van der Waals surface area contributed by atoms with Gasteiger partial charge in [-0.05, 0) is 6.92 Å². The van der Waals surface area contributed by atoms with Crippen LogP contribution in [0.5, 0.6) is 0 Å². The van der Waals surface area contributed by atoms with Gasteiger partial charge in [0, 0.05) is 6.20 Å². The van der Waals surface area contributed by atoms with Gasteiger partial charge < -0.3 is 4.74 Å². The second-order valence-electron chi connectivity index (χ2n) is 2.76. The van der Waals surface area contributed by atoms with Gasteiger partial charge in [0.05, 0.1) is 18.4 Å². The molecule has 0 aliphatic carbocycles. The van der Waals surface area contributed by atoms with Gasteiger partial charge in [0.15, 0.2) is 5.82 Å². The fourth-order valence-electron chi connectivity index (χ4n) is 1.06. The Kier molecular flexibility index (Phi) is 3.46. The number of esters is 1. The van der Waals surface area contributed by atoms with Gasteiger partial charge in [0.2, 0.25) is 0 Å². The van der Waals surface area contributed by atoms with Gasteiger partial charge in [0.25, 0.3) is 0 Å². The molecule has 0 unspecified atom stereocenters. The Bertz CT molecular complexity index is 403. The lowest BCUT2D eigenvalue weighted by Gasteiger charge is -2.11. The zero-order valence-corrected chi connectivity index (χ0v) is 8.14. The summed E-state index contributed by atoms with van der Waals surface area (Å²) in [6.07, 6.45) is -3.94. The molecular weight excluding hydrogens is 230 g/mol. The fraction of sp³-hybridized carbons (Fsp3) is 0.333. The topological polar surface area (TPSA) is 39.2 Å². The van der Waals surface area contributed by atoms with Crippen molar-refractivity contribution >= 4 is 5.97 Å². The van der Waals surface area contributed by atoms with Crippen LogP contribution in [0.4, 0.5) is 17.6 Å². The molecule has 1 aromatic heterocycles. The molecule has 88 valence electrons. The van der Waals surface area contributed by atoms with E-state index >= 15 is 0 Å². The Morgan fingerprint density at radius 3 is 2.56 bits per heavy atom. The third-order valence-corrected chi connectivity index (χ3v) is 1.68. The Morgan fingerprint density at radius 1 is 1.44 bits per heavy atom. The van der Waals surface area contributed by atoms with Crippen molar-refractivity contribution in [3.8, 4) is 0 Å². The summed E-state index contributed by atoms with van der Waals surface area (Å²) in [5.41, 5.74) is -2.57. The average molecular weight is 237 g/mol. The van der Waals surface area contributed by atoms with Gasteiger partial charge in [0.1, 0.15) is 5.56 Å². The summed E-state index contributed by atoms with van der Waals surface area (Å²) < 4.78 is 54.7. The maximum absolute atomic E-state index is 13.1. The second-order valence-corrected chi connectivity index (χ2v) is 2.76. The Labute approximate surface area is 88.0 Å². The normalized spacial score (nSPS) is 11.3. The second kappa shape index (κ2) is 4.46. The van der Waals surface area contributed by atoms with E-state index in [0.29, 0.717) is 12.4 Å². The lowest BCUT2D eigenvalue weighted by molar-refractivity contribution is -0.138. The van der Waals surface area contributed by atoms with Crippen LogP contribution in [0.1, 0.15) is 22.8 Å². The van der Waals surface area contributed by atoms with E-state index in [4.69, 9.17) is 0 Å². The van der Waals surface area contributed by atoms with Gasteiger partial charge in [-0.3, -0.25) is 4.98 Å². The molecule has 0 fully saturated rings. The van der Waals surface area contributed by atoms with Crippen LogP contribution >= 0.6 is 0 Å². The van der Waals surface area contributed by atoms with Gasteiger partial charge in [-0.15, -0.1) is 0 Å². The van der Waals surface area contributed by atoms with E-state index < -0.39 is 29.1 Å². The summed E-state index contributed by atoms with van der Waals surface area (Å²) in [7, 11) is 0. The van der Waals surface area contributed by atoms with Crippen molar-refractivity contribution in [3.05, 3.63) is 29.3 Å². The highest BCUT2D eigenvalue weighted by molar-refractivity contribution is 5.91. The summed E-state index contributed by atoms with van der Waals surface area (Å²) in [6, 6.07) is 0. The molecule has 0 aliphatic rings. The molecule has 0 aromatic carbocycles. The number of carbonyl (C=O) groups excluding carboxylic acids is 1. The Morgan fingerprint density at radius 2 is 2.06 bits per heavy atom. The summed E-state index contributed by atoms with van der Waals surface area (Å²) in [4.78, 5) is 14.2. The number of halogens is 4. The first-order valence-electron chi connectivity index (χ1n) is 4.25. The zero-order valence-electron chi connectivity index (χ0n) is 8.14. The number of carbonyl (C=O) groups is 1. The van der Waals surface area contributed by atoms with Crippen molar-refractivity contribution < 1.29 is 27.1 Å². The van der Waals surface area contributed by atoms with Crippen LogP contribution in [-0.4, -0.2) is 17.6 Å². The van der Waals surface area contributed by atoms with Crippen molar-refractivity contribution in [2.75, 3.05) is 6.61 Å². The molecule has 0 saturated carbocycles. The van der Waals surface area contributed by atoms with E-state index in [9.17, 15) is 22.4 Å². The number of rotatable bonds is 2. The zero-order chi connectivity index (χ0) is 12.3. The third-order valence-electron chi connectivity index (χ3n) is 1.68. The SMILES string of the molecule is CCOC(=O)c1c(F)cncc1C(F)(F)F. The molecule has 3 nitrogen and oxygen atoms in total. The van der Waals surface area contributed by atoms with E-state index in [1.165, 1.54) is 6.92 Å². The van der Waals surface area contributed by atoms with Gasteiger partial charge in [-0.25, -0.2) is 9.18 Å². The third kappa shape index (κ3) is 2.47. The van der Waals surface area contributed by atoms with Gasteiger partial charge in [-0.2, -0.15) is 13.2 Å². The summed E-state index contributed by atoms with van der Waals surface area (Å²) >= 11 is 0. The first-order chi connectivity index (χ1) is 7.38. The fourth-order valence-corrected chi connectivity index (χ4v) is 1.06. The van der Waals surface area contributed by atoms with Gasteiger partial charge in [-0.1, -0.05) is 0 Å². The minimum absolute atomic E-state index is 0.141. The molecule has 0 bridgehead atoms. The number of nitrogens with zero attached hydrogens (tertiary/aromatic N) is 1. The molecule has 0 atom stereocenters. The molecule has 0 spiro atoms. The number of hydrogen-bond donors (Lipinski definition) is 0. The van der Waals surface area contributed by atoms with E-state index in [-0.39, 0.29) is 6.61 Å². The van der Waals surface area contributed by atoms with Crippen LogP contribution in [0.3, 0.4) is 0 Å². The minimum atomic E-state index is -4.85. The molecule has 0 aliphatic heterocycles. The van der Waals surface area contributed by atoms with Crippen LogP contribution in [0, 0.1) is 5.82 Å². The van der Waals surface area contributed by atoms with E-state index in [0.717, 1.165) is 0 Å². The van der Waals surface area contributed by atoms with Crippen LogP contribution in [0.25, 0.3) is 0 Å². The van der Waals surface area contributed by atoms with Crippen molar-refractivity contribution in [3.63, 3.8) is 0 Å². The Balaban J connectivity index is 3.30. The lowest BCUT2D eigenvalue weighted by Crippen LogP contribution is -2.17. The molecule has 7 heteroatoms. The number of ether oxygens (including phenoxy) is 1. The molecular formula is C9H7F4NO2. The van der Waals surface area contributed by atoms with Crippen molar-refractivity contribution in [2.45, 2.75) is 13.1 Å². The molecule has 1 rings (SSSR count). The van der Waals surface area contributed by atoms with Gasteiger partial charge >= 0.3 is 12.1 Å². The Hall–Kier alpha value is -1.66. The first-order valence-corrected chi connectivity index (χ1v) is 4.25. The molecule has 1 aromatic rings. The molecule has 16 heavy (non-hydrogen) atoms. The largest absolute Gasteiger partial charge is 0.462 e. The van der Waals surface area contributed by atoms with Crippen LogP contribution in [-0.2, 0) is 10.9 Å². The molecule has 0 radical (unpaired) electrons. The summed E-state index contributed by atoms with van der Waals surface area (Å²) in [5.74, 6) is -2.71. The highest BCUT2D eigenvalue weighted by Crippen LogP contribution is 2.32. The summed E-state index contributed by atoms with van der Waals surface area (Å²) in [6.45, 7) is 1.27. The monoisotopic (exact) mass is 237 g/mol. The maximum atomic E-state index is 13.1. The number of aromatic nitrogens is 1. The molecule has 1 heterocycles. The lowest BCUT2D eigenvalue weighted by atomic mass is 10.1. The molecule has 0 N–H and O–H groups in total. The van der Waals surface area contributed by atoms with Crippen LogP contribution in [0.15, 0.2) is 12.4 Å². The van der Waals surface area contributed by atoms with Crippen molar-refractivity contribution in [1.29, 1.82) is 0 Å². The minimum Gasteiger partial charge on any atom is -0.462 e. The first kappa shape index (κ1) is 12.4. The highest BCUT2D eigenvalue weighted by Gasteiger charge is 2.37. The number of pyridine rings is 1. The average Bonchev–Trinajstić information content (AvgIpc) is 2.16. The van der Waals surface area contributed by atoms with E-state index in [1.54, 1.807) is 0 Å². The van der Waals surface area contributed by atoms with Crippen molar-refractivity contribution in [1.82, 2.24) is 4.98 Å². The number of alkyl halides is 3. The van der Waals surface area contributed by atoms with Crippen LogP contribution in [0.2, 0.25) is 0 Å². The quantitative estimate of drug-likeness (QED) is 0.585. The highest BCUT2D eigenvalue weighted by atomic mass is 19.4. The molecule has 0 amide bonds. The van der Waals surface area contributed by atoms with Crippen molar-refractivity contribution in [2.24, 2.45) is 0 Å². The predicted octanol–water partition coefficient (Wildman–Crippen LogP) is 2.42. The standard InChI is InChI=1S/C9H7F4NO2/c1-2-16-8(15)7-5(9(11,12)13)3-14-4-6(7)10/h3-4H,2H2,1H3. The maximum Gasteiger partial charge on any atom is 0.418 e. The van der Waals surface area contributed by atoms with E-state index in [1.807, 2.05) is 0 Å². The smallest absolute Gasteiger partial charge is 0.418 e. The summed E-state index contributed by atoms with van der Waals surface area (Å²) in [5, 5.41) is 0. The van der Waals surface area contributed by atoms with Crippen LogP contribution < -0.4 is 0 Å². The van der Waals surface area contributed by atoms with E-state index in [2.05, 4.69) is 9.72 Å². The predicted molar refractivity (Wildman–Crippen MR) is 45.2 cm³/mol.